The lowest BCUT2D eigenvalue weighted by Crippen LogP contribution is -2.52. The van der Waals surface area contributed by atoms with E-state index in [1.807, 2.05) is 29.2 Å². The molecule has 2 saturated heterocycles. The van der Waals surface area contributed by atoms with Gasteiger partial charge in [0.05, 0.1) is 11.5 Å². The predicted octanol–water partition coefficient (Wildman–Crippen LogP) is 2.93. The number of hydrogen-bond donors (Lipinski definition) is 1. The number of piperazine rings is 1. The largest absolute Gasteiger partial charge is 0.368 e. The topological polar surface area (TPSA) is 99.0 Å². The van der Waals surface area contributed by atoms with Crippen LogP contribution in [-0.2, 0) is 9.59 Å². The summed E-state index contributed by atoms with van der Waals surface area (Å²) in [6, 6.07) is 14.3. The quantitative estimate of drug-likeness (QED) is 0.499. The molecule has 0 spiro atoms. The average molecular weight is 486 g/mol. The van der Waals surface area contributed by atoms with Crippen molar-refractivity contribution in [3.8, 4) is 0 Å². The van der Waals surface area contributed by atoms with Gasteiger partial charge in [-0.1, -0.05) is 29.8 Å². The number of halogens is 1. The highest BCUT2D eigenvalue weighted by atomic mass is 35.5. The second-order valence-electron chi connectivity index (χ2n) is 8.57. The summed E-state index contributed by atoms with van der Waals surface area (Å²) in [6.07, 6.45) is 1.18. The monoisotopic (exact) mass is 485 g/mol. The Bertz CT molecular complexity index is 1050. The van der Waals surface area contributed by atoms with Crippen LogP contribution in [0.5, 0.6) is 0 Å². The van der Waals surface area contributed by atoms with E-state index in [-0.39, 0.29) is 34.9 Å². The molecule has 2 amide bonds. The molecule has 2 fully saturated rings. The van der Waals surface area contributed by atoms with Crippen LogP contribution in [0.25, 0.3) is 0 Å². The van der Waals surface area contributed by atoms with Gasteiger partial charge in [0.1, 0.15) is 5.69 Å². The number of piperidine rings is 1. The van der Waals surface area contributed by atoms with E-state index in [0.29, 0.717) is 62.8 Å². The van der Waals surface area contributed by atoms with E-state index >= 15 is 0 Å². The van der Waals surface area contributed by atoms with Crippen molar-refractivity contribution in [2.24, 2.45) is 5.92 Å². The number of nitrogens with zero attached hydrogens (tertiary/aromatic N) is 4. The predicted molar refractivity (Wildman–Crippen MR) is 131 cm³/mol. The van der Waals surface area contributed by atoms with Crippen LogP contribution in [-0.4, -0.2) is 67.5 Å². The van der Waals surface area contributed by atoms with Gasteiger partial charge in [-0.15, -0.1) is 0 Å². The van der Waals surface area contributed by atoms with Crippen LogP contribution in [0.1, 0.15) is 12.8 Å². The van der Waals surface area contributed by atoms with E-state index in [2.05, 4.69) is 10.2 Å². The Hall–Kier alpha value is -3.33. The molecule has 0 atom stereocenters. The number of nitro benzene ring substituents is 1. The molecule has 0 bridgehead atoms. The lowest BCUT2D eigenvalue weighted by molar-refractivity contribution is -0.384. The molecule has 0 aromatic heterocycles. The number of benzene rings is 2. The molecule has 2 aliphatic heterocycles. The highest BCUT2D eigenvalue weighted by Crippen LogP contribution is 2.31. The Labute approximate surface area is 203 Å². The van der Waals surface area contributed by atoms with E-state index in [9.17, 15) is 19.7 Å². The van der Waals surface area contributed by atoms with Crippen LogP contribution in [0, 0.1) is 16.0 Å². The van der Waals surface area contributed by atoms with Crippen molar-refractivity contribution in [2.75, 3.05) is 55.6 Å². The highest BCUT2D eigenvalue weighted by molar-refractivity contribution is 6.30. The zero-order valence-corrected chi connectivity index (χ0v) is 19.6. The molecule has 2 aromatic rings. The van der Waals surface area contributed by atoms with Crippen molar-refractivity contribution in [1.29, 1.82) is 0 Å². The van der Waals surface area contributed by atoms with Crippen LogP contribution in [0.4, 0.5) is 17.1 Å². The molecule has 10 heteroatoms. The Balaban J connectivity index is 1.21. The minimum absolute atomic E-state index is 0.0135. The Morgan fingerprint density at radius 1 is 0.971 bits per heavy atom. The lowest BCUT2D eigenvalue weighted by Gasteiger charge is -2.36. The van der Waals surface area contributed by atoms with Crippen LogP contribution in [0.3, 0.4) is 0 Å². The van der Waals surface area contributed by atoms with Gasteiger partial charge in [-0.05, 0) is 37.1 Å². The molecule has 0 aliphatic carbocycles. The van der Waals surface area contributed by atoms with Crippen molar-refractivity contribution >= 4 is 40.5 Å². The lowest BCUT2D eigenvalue weighted by atomic mass is 9.95. The molecule has 2 aromatic carbocycles. The summed E-state index contributed by atoms with van der Waals surface area (Å²) in [4.78, 5) is 42.1. The first-order valence-corrected chi connectivity index (χ1v) is 11.8. The van der Waals surface area contributed by atoms with Gasteiger partial charge in [-0.25, -0.2) is 0 Å². The maximum Gasteiger partial charge on any atom is 0.292 e. The van der Waals surface area contributed by atoms with Gasteiger partial charge in [0.15, 0.2) is 0 Å². The first kappa shape index (κ1) is 23.8. The second-order valence-corrected chi connectivity index (χ2v) is 9.01. The molecule has 1 N–H and O–H groups in total. The molecule has 0 radical (unpaired) electrons. The number of carbonyl (C=O) groups excluding carboxylic acids is 2. The van der Waals surface area contributed by atoms with Gasteiger partial charge in [0, 0.05) is 62.0 Å². The SMILES string of the molecule is O=C(NCC(=O)N1CCN(c2cccc(Cl)c2)CC1)C1CCN(c2ccccc2[N+](=O)[O-])CC1. The van der Waals surface area contributed by atoms with E-state index in [4.69, 9.17) is 11.6 Å². The molecular formula is C24H28ClN5O4. The van der Waals surface area contributed by atoms with Crippen LogP contribution < -0.4 is 15.1 Å². The molecule has 2 aliphatic rings. The van der Waals surface area contributed by atoms with E-state index in [1.165, 1.54) is 6.07 Å². The Morgan fingerprint density at radius 3 is 2.35 bits per heavy atom. The first-order valence-electron chi connectivity index (χ1n) is 11.5. The van der Waals surface area contributed by atoms with Gasteiger partial charge in [0.2, 0.25) is 11.8 Å². The van der Waals surface area contributed by atoms with Crippen molar-refractivity contribution in [2.45, 2.75) is 12.8 Å². The second kappa shape index (κ2) is 10.7. The van der Waals surface area contributed by atoms with Crippen molar-refractivity contribution in [3.63, 3.8) is 0 Å². The van der Waals surface area contributed by atoms with Gasteiger partial charge in [-0.3, -0.25) is 19.7 Å². The molecular weight excluding hydrogens is 458 g/mol. The Morgan fingerprint density at radius 2 is 1.68 bits per heavy atom. The smallest absolute Gasteiger partial charge is 0.292 e. The minimum atomic E-state index is -0.380. The fourth-order valence-electron chi connectivity index (χ4n) is 4.57. The van der Waals surface area contributed by atoms with Crippen LogP contribution in [0.2, 0.25) is 5.02 Å². The summed E-state index contributed by atoms with van der Waals surface area (Å²) in [5.74, 6) is -0.420. The number of carbonyl (C=O) groups is 2. The van der Waals surface area contributed by atoms with Gasteiger partial charge >= 0.3 is 0 Å². The summed E-state index contributed by atoms with van der Waals surface area (Å²) in [7, 11) is 0. The third-order valence-corrected chi connectivity index (χ3v) is 6.74. The average Bonchev–Trinajstić information content (AvgIpc) is 2.87. The van der Waals surface area contributed by atoms with Crippen molar-refractivity contribution in [3.05, 3.63) is 63.7 Å². The maximum atomic E-state index is 12.6. The summed E-state index contributed by atoms with van der Waals surface area (Å²) < 4.78 is 0. The van der Waals surface area contributed by atoms with E-state index in [0.717, 1.165) is 5.69 Å². The molecule has 9 nitrogen and oxygen atoms in total. The number of rotatable bonds is 6. The third-order valence-electron chi connectivity index (χ3n) is 6.50. The molecule has 2 heterocycles. The molecule has 180 valence electrons. The summed E-state index contributed by atoms with van der Waals surface area (Å²) in [5.41, 5.74) is 1.70. The zero-order valence-electron chi connectivity index (χ0n) is 18.9. The van der Waals surface area contributed by atoms with Crippen molar-refractivity contribution < 1.29 is 14.5 Å². The number of para-hydroxylation sites is 2. The maximum absolute atomic E-state index is 12.6. The molecule has 4 rings (SSSR count). The normalized spacial score (nSPS) is 16.9. The van der Waals surface area contributed by atoms with Gasteiger partial charge in [-0.2, -0.15) is 0 Å². The highest BCUT2D eigenvalue weighted by Gasteiger charge is 2.29. The number of hydrogen-bond acceptors (Lipinski definition) is 6. The van der Waals surface area contributed by atoms with E-state index in [1.54, 1.807) is 23.1 Å². The van der Waals surface area contributed by atoms with E-state index < -0.39 is 0 Å². The third kappa shape index (κ3) is 5.59. The summed E-state index contributed by atoms with van der Waals surface area (Å²) >= 11 is 6.08. The fraction of sp³-hybridized carbons (Fsp3) is 0.417. The van der Waals surface area contributed by atoms with Gasteiger partial charge in [0.25, 0.3) is 5.69 Å². The number of nitro groups is 1. The molecule has 0 unspecified atom stereocenters. The summed E-state index contributed by atoms with van der Waals surface area (Å²) in [6.45, 7) is 3.71. The molecule has 34 heavy (non-hydrogen) atoms. The summed E-state index contributed by atoms with van der Waals surface area (Å²) in [5, 5.41) is 14.8. The number of nitrogens with one attached hydrogen (secondary N) is 1. The zero-order chi connectivity index (χ0) is 24.1. The fourth-order valence-corrected chi connectivity index (χ4v) is 4.76. The van der Waals surface area contributed by atoms with Gasteiger partial charge < -0.3 is 20.0 Å². The first-order chi connectivity index (χ1) is 16.4. The van der Waals surface area contributed by atoms with Crippen LogP contribution >= 0.6 is 11.6 Å². The number of anilines is 2. The molecule has 0 saturated carbocycles. The van der Waals surface area contributed by atoms with Crippen LogP contribution in [0.15, 0.2) is 48.5 Å². The standard InChI is InChI=1S/C24H28ClN5O4/c25-19-4-3-5-20(16-19)27-12-14-29(15-13-27)23(31)17-26-24(32)18-8-10-28(11-9-18)21-6-1-2-7-22(21)30(33)34/h1-7,16,18H,8-15,17H2,(H,26,32). The number of amides is 2. The minimum Gasteiger partial charge on any atom is -0.368 e. The Kier molecular flexibility index (Phi) is 7.52. The van der Waals surface area contributed by atoms with Crippen molar-refractivity contribution in [1.82, 2.24) is 10.2 Å².